The van der Waals surface area contributed by atoms with Crippen molar-refractivity contribution in [2.45, 2.75) is 18.6 Å². The van der Waals surface area contributed by atoms with Crippen molar-refractivity contribution >= 4 is 41.0 Å². The maximum Gasteiger partial charge on any atom is 0.343 e. The second-order valence-corrected chi connectivity index (χ2v) is 7.36. The minimum atomic E-state index is -1.05. The maximum atomic E-state index is 12.2. The average Bonchev–Trinajstić information content (AvgIpc) is 3.01. The summed E-state index contributed by atoms with van der Waals surface area (Å²) in [7, 11) is 0. The molecule has 29 heavy (non-hydrogen) atoms. The number of ether oxygens (including phenoxy) is 1. The van der Waals surface area contributed by atoms with Gasteiger partial charge >= 0.3 is 11.9 Å². The SMILES string of the molecule is Cc1cccc(C(=O)Oc2ccc(C=NN=C3NC(=O)C(CC(=O)O)S3)cc2)c1. The van der Waals surface area contributed by atoms with E-state index in [1.165, 1.54) is 6.21 Å². The molecule has 0 spiro atoms. The van der Waals surface area contributed by atoms with E-state index in [9.17, 15) is 14.4 Å². The second-order valence-electron chi connectivity index (χ2n) is 6.17. The number of carbonyl (C=O) groups is 3. The number of nitrogens with one attached hydrogen (secondary N) is 1. The molecule has 2 aromatic carbocycles. The summed E-state index contributed by atoms with van der Waals surface area (Å²) in [4.78, 5) is 34.5. The fraction of sp³-hybridized carbons (Fsp3) is 0.150. The molecule has 1 unspecified atom stereocenters. The Bertz CT molecular complexity index is 1000. The monoisotopic (exact) mass is 411 g/mol. The topological polar surface area (TPSA) is 117 Å². The molecule has 9 heteroatoms. The highest BCUT2D eigenvalue weighted by Crippen LogP contribution is 2.22. The van der Waals surface area contributed by atoms with Crippen LogP contribution in [0.5, 0.6) is 5.75 Å². The van der Waals surface area contributed by atoms with Crippen LogP contribution in [0.15, 0.2) is 58.7 Å². The zero-order chi connectivity index (χ0) is 20.8. The fourth-order valence-corrected chi connectivity index (χ4v) is 3.37. The quantitative estimate of drug-likeness (QED) is 0.327. The van der Waals surface area contributed by atoms with Gasteiger partial charge in [-0.3, -0.25) is 9.59 Å². The van der Waals surface area contributed by atoms with Crippen LogP contribution < -0.4 is 10.1 Å². The largest absolute Gasteiger partial charge is 0.481 e. The first-order valence-corrected chi connectivity index (χ1v) is 9.48. The number of hydrogen-bond acceptors (Lipinski definition) is 7. The van der Waals surface area contributed by atoms with Gasteiger partial charge in [0, 0.05) is 0 Å². The lowest BCUT2D eigenvalue weighted by atomic mass is 10.1. The molecule has 1 amide bonds. The fourth-order valence-electron chi connectivity index (χ4n) is 2.45. The first-order chi connectivity index (χ1) is 13.9. The molecule has 1 heterocycles. The van der Waals surface area contributed by atoms with Gasteiger partial charge < -0.3 is 15.2 Å². The van der Waals surface area contributed by atoms with E-state index in [-0.39, 0.29) is 11.6 Å². The molecule has 2 aromatic rings. The van der Waals surface area contributed by atoms with Gasteiger partial charge in [0.1, 0.15) is 11.0 Å². The van der Waals surface area contributed by atoms with E-state index in [1.54, 1.807) is 42.5 Å². The Labute approximate surface area is 170 Å². The number of nitrogens with zero attached hydrogens (tertiary/aromatic N) is 2. The van der Waals surface area contributed by atoms with E-state index in [1.807, 2.05) is 13.0 Å². The number of carboxylic acid groups (broad SMARTS) is 1. The molecule has 0 bridgehead atoms. The minimum Gasteiger partial charge on any atom is -0.481 e. The zero-order valence-electron chi connectivity index (χ0n) is 15.4. The van der Waals surface area contributed by atoms with E-state index in [2.05, 4.69) is 15.5 Å². The summed E-state index contributed by atoms with van der Waals surface area (Å²) >= 11 is 1.03. The second kappa shape index (κ2) is 9.16. The molecule has 0 aromatic heterocycles. The number of carboxylic acids is 1. The van der Waals surface area contributed by atoms with Crippen LogP contribution in [0, 0.1) is 6.92 Å². The van der Waals surface area contributed by atoms with Gasteiger partial charge in [-0.1, -0.05) is 29.5 Å². The molecule has 8 nitrogen and oxygen atoms in total. The van der Waals surface area contributed by atoms with Gasteiger partial charge in [0.05, 0.1) is 18.2 Å². The molecule has 1 fully saturated rings. The molecule has 1 atom stereocenters. The van der Waals surface area contributed by atoms with E-state index in [0.29, 0.717) is 16.9 Å². The van der Waals surface area contributed by atoms with Gasteiger partial charge in [-0.25, -0.2) is 4.79 Å². The van der Waals surface area contributed by atoms with Crippen LogP contribution in [0.4, 0.5) is 0 Å². The van der Waals surface area contributed by atoms with Gasteiger partial charge in [-0.05, 0) is 48.9 Å². The van der Waals surface area contributed by atoms with Crippen LogP contribution in [0.25, 0.3) is 0 Å². The van der Waals surface area contributed by atoms with Crippen LogP contribution >= 0.6 is 11.8 Å². The van der Waals surface area contributed by atoms with Gasteiger partial charge in [0.25, 0.3) is 0 Å². The summed E-state index contributed by atoms with van der Waals surface area (Å²) in [5.41, 5.74) is 2.16. The molecular weight excluding hydrogens is 394 g/mol. The molecule has 1 aliphatic heterocycles. The van der Waals surface area contributed by atoms with Crippen molar-refractivity contribution in [2.75, 3.05) is 0 Å². The maximum absolute atomic E-state index is 12.2. The highest BCUT2D eigenvalue weighted by atomic mass is 32.2. The summed E-state index contributed by atoms with van der Waals surface area (Å²) in [5, 5.41) is 18.6. The highest BCUT2D eigenvalue weighted by Gasteiger charge is 2.32. The number of hydrogen-bond donors (Lipinski definition) is 2. The number of carbonyl (C=O) groups excluding carboxylic acids is 2. The lowest BCUT2D eigenvalue weighted by Crippen LogP contribution is -2.26. The van der Waals surface area contributed by atoms with Gasteiger partial charge in [-0.2, -0.15) is 5.10 Å². The third-order valence-corrected chi connectivity index (χ3v) is 4.91. The van der Waals surface area contributed by atoms with Crippen molar-refractivity contribution in [2.24, 2.45) is 10.2 Å². The van der Waals surface area contributed by atoms with Gasteiger partial charge in [0.2, 0.25) is 5.91 Å². The van der Waals surface area contributed by atoms with E-state index < -0.39 is 23.1 Å². The summed E-state index contributed by atoms with van der Waals surface area (Å²) in [6, 6.07) is 13.8. The Morgan fingerprint density at radius 3 is 2.69 bits per heavy atom. The number of esters is 1. The van der Waals surface area contributed by atoms with Crippen LogP contribution in [0.3, 0.4) is 0 Å². The van der Waals surface area contributed by atoms with Crippen LogP contribution in [-0.4, -0.2) is 39.6 Å². The minimum absolute atomic E-state index is 0.251. The smallest absolute Gasteiger partial charge is 0.343 e. The van der Waals surface area contributed by atoms with E-state index in [4.69, 9.17) is 9.84 Å². The molecule has 0 saturated carbocycles. The van der Waals surface area contributed by atoms with Crippen LogP contribution in [0.2, 0.25) is 0 Å². The molecule has 0 radical (unpaired) electrons. The van der Waals surface area contributed by atoms with Crippen molar-refractivity contribution in [1.29, 1.82) is 0 Å². The van der Waals surface area contributed by atoms with Crippen LogP contribution in [0.1, 0.15) is 27.9 Å². The summed E-state index contributed by atoms with van der Waals surface area (Å²) in [6.45, 7) is 1.90. The Morgan fingerprint density at radius 1 is 1.24 bits per heavy atom. The number of thioether (sulfide) groups is 1. The van der Waals surface area contributed by atoms with Crippen molar-refractivity contribution < 1.29 is 24.2 Å². The number of amides is 1. The lowest BCUT2D eigenvalue weighted by molar-refractivity contribution is -0.138. The third kappa shape index (κ3) is 5.76. The normalized spacial score (nSPS) is 17.5. The van der Waals surface area contributed by atoms with Crippen LogP contribution in [-0.2, 0) is 9.59 Å². The summed E-state index contributed by atoms with van der Waals surface area (Å²) < 4.78 is 5.34. The molecular formula is C20H17N3O5S. The number of aryl methyl sites for hydroxylation is 1. The standard InChI is InChI=1S/C20H17N3O5S/c1-12-3-2-4-14(9-12)19(27)28-15-7-5-13(6-8-15)11-21-23-20-22-18(26)16(29-20)10-17(24)25/h2-9,11,16H,10H2,1H3,(H,24,25)(H,22,23,26). The number of aliphatic carboxylic acids is 1. The first-order valence-electron chi connectivity index (χ1n) is 8.60. The van der Waals surface area contributed by atoms with Crippen molar-refractivity contribution in [3.8, 4) is 5.75 Å². The molecule has 3 rings (SSSR count). The molecule has 1 saturated heterocycles. The third-order valence-electron chi connectivity index (χ3n) is 3.84. The van der Waals surface area contributed by atoms with Gasteiger partial charge in [0.15, 0.2) is 5.17 Å². The predicted octanol–water partition coefficient (Wildman–Crippen LogP) is 2.61. The van der Waals surface area contributed by atoms with Gasteiger partial charge in [-0.15, -0.1) is 5.10 Å². The molecule has 2 N–H and O–H groups in total. The number of benzene rings is 2. The lowest BCUT2D eigenvalue weighted by Gasteiger charge is -2.05. The summed E-state index contributed by atoms with van der Waals surface area (Å²) in [5.74, 6) is -1.49. The first kappa shape index (κ1) is 20.3. The number of amidine groups is 1. The Morgan fingerprint density at radius 2 is 2.00 bits per heavy atom. The highest BCUT2D eigenvalue weighted by molar-refractivity contribution is 8.15. The van der Waals surface area contributed by atoms with E-state index >= 15 is 0 Å². The number of rotatable bonds is 6. The molecule has 0 aliphatic carbocycles. The van der Waals surface area contributed by atoms with Crippen molar-refractivity contribution in [3.05, 3.63) is 65.2 Å². The average molecular weight is 411 g/mol. The Balaban J connectivity index is 1.57. The Hall–Kier alpha value is -3.46. The van der Waals surface area contributed by atoms with Crippen molar-refractivity contribution in [3.63, 3.8) is 0 Å². The predicted molar refractivity (Wildman–Crippen MR) is 109 cm³/mol. The summed E-state index contributed by atoms with van der Waals surface area (Å²) in [6.07, 6.45) is 1.19. The zero-order valence-corrected chi connectivity index (χ0v) is 16.2. The molecule has 148 valence electrons. The van der Waals surface area contributed by atoms with Crippen molar-refractivity contribution in [1.82, 2.24) is 5.32 Å². The van der Waals surface area contributed by atoms with E-state index in [0.717, 1.165) is 17.3 Å². The molecule has 1 aliphatic rings. The Kier molecular flexibility index (Phi) is 6.40.